The van der Waals surface area contributed by atoms with Gasteiger partial charge in [-0.3, -0.25) is 4.99 Å². The lowest BCUT2D eigenvalue weighted by atomic mass is 10.0. The van der Waals surface area contributed by atoms with Crippen LogP contribution >= 0.6 is 34.0 Å². The molecule has 4 aromatic heterocycles. The molecule has 0 saturated heterocycles. The zero-order valence-electron chi connectivity index (χ0n) is 22.1. The fourth-order valence-electron chi connectivity index (χ4n) is 6.60. The van der Waals surface area contributed by atoms with E-state index in [1.165, 1.54) is 77.9 Å². The molecule has 0 aliphatic carbocycles. The van der Waals surface area contributed by atoms with Gasteiger partial charge in [0.2, 0.25) is 0 Å². The van der Waals surface area contributed by atoms with Gasteiger partial charge in [0.25, 0.3) is 0 Å². The van der Waals surface area contributed by atoms with Crippen LogP contribution in [-0.4, -0.2) is 11.3 Å². The van der Waals surface area contributed by atoms with Gasteiger partial charge >= 0.3 is 0 Å². The van der Waals surface area contributed by atoms with Crippen LogP contribution in [0.1, 0.15) is 12.5 Å². The molecule has 5 heteroatoms. The number of thiophene rings is 3. The first-order chi connectivity index (χ1) is 20.3. The fourth-order valence-corrected chi connectivity index (χ4v) is 10.2. The van der Waals surface area contributed by atoms with Crippen molar-refractivity contribution in [2.24, 2.45) is 4.99 Å². The molecule has 0 fully saturated rings. The lowest BCUT2D eigenvalue weighted by Gasteiger charge is -2.10. The van der Waals surface area contributed by atoms with E-state index >= 15 is 0 Å². The van der Waals surface area contributed by atoms with Crippen LogP contribution in [0.25, 0.3) is 84.0 Å². The molecule has 41 heavy (non-hydrogen) atoms. The second-order valence-electron chi connectivity index (χ2n) is 10.3. The Labute approximate surface area is 247 Å². The summed E-state index contributed by atoms with van der Waals surface area (Å²) in [6.45, 7) is 6.07. The van der Waals surface area contributed by atoms with E-state index in [2.05, 4.69) is 126 Å². The van der Waals surface area contributed by atoms with Crippen molar-refractivity contribution < 1.29 is 0 Å². The highest BCUT2D eigenvalue weighted by molar-refractivity contribution is 7.28. The number of fused-ring (bicyclic) bond motifs is 13. The smallest absolute Gasteiger partial charge is 0.123 e. The Balaban J connectivity index is 1.61. The van der Waals surface area contributed by atoms with E-state index in [1.54, 1.807) is 11.3 Å². The van der Waals surface area contributed by atoms with Gasteiger partial charge in [-0.2, -0.15) is 0 Å². The molecule has 5 aromatic carbocycles. The third kappa shape index (κ3) is 3.03. The first-order valence-corrected chi connectivity index (χ1v) is 16.1. The number of hydrogen-bond acceptors (Lipinski definition) is 4. The largest absolute Gasteiger partial charge is 0.306 e. The van der Waals surface area contributed by atoms with Crippen LogP contribution < -0.4 is 0 Å². The highest BCUT2D eigenvalue weighted by atomic mass is 32.1. The van der Waals surface area contributed by atoms with E-state index in [-0.39, 0.29) is 0 Å². The summed E-state index contributed by atoms with van der Waals surface area (Å²) < 4.78 is 9.07. The first kappa shape index (κ1) is 23.4. The van der Waals surface area contributed by atoms with Gasteiger partial charge in [-0.25, -0.2) is 0 Å². The average molecular weight is 579 g/mol. The van der Waals surface area contributed by atoms with Crippen LogP contribution in [0.3, 0.4) is 0 Å². The number of para-hydroxylation sites is 1. The number of hydrogen-bond donors (Lipinski definition) is 0. The van der Waals surface area contributed by atoms with Gasteiger partial charge < -0.3 is 4.57 Å². The molecule has 0 aliphatic heterocycles. The lowest BCUT2D eigenvalue weighted by Crippen LogP contribution is -1.94. The van der Waals surface area contributed by atoms with Crippen molar-refractivity contribution in [1.82, 2.24) is 4.57 Å². The predicted molar refractivity (Wildman–Crippen MR) is 186 cm³/mol. The number of aliphatic imine (C=N–C) groups is 1. The molecule has 0 bridgehead atoms. The minimum atomic E-state index is 0.971. The summed E-state index contributed by atoms with van der Waals surface area (Å²) in [6.07, 6.45) is 4.33. The molecule has 0 atom stereocenters. The van der Waals surface area contributed by atoms with E-state index in [0.29, 0.717) is 0 Å². The van der Waals surface area contributed by atoms with Crippen molar-refractivity contribution in [3.63, 3.8) is 0 Å². The molecule has 9 aromatic rings. The van der Waals surface area contributed by atoms with Crippen molar-refractivity contribution in [3.8, 4) is 5.69 Å². The van der Waals surface area contributed by atoms with Gasteiger partial charge in [-0.05, 0) is 37.9 Å². The van der Waals surface area contributed by atoms with Gasteiger partial charge in [-0.15, -0.1) is 34.0 Å². The van der Waals surface area contributed by atoms with Gasteiger partial charge in [-0.1, -0.05) is 78.9 Å². The summed E-state index contributed by atoms with van der Waals surface area (Å²) in [4.78, 5) is 4.55. The van der Waals surface area contributed by atoms with Crippen molar-refractivity contribution in [3.05, 3.63) is 103 Å². The van der Waals surface area contributed by atoms with Crippen LogP contribution in [0.4, 0.5) is 5.00 Å². The van der Waals surface area contributed by atoms with Gasteiger partial charge in [0.15, 0.2) is 0 Å². The molecule has 2 nitrogen and oxygen atoms in total. The molecular formula is C36H22N2S3. The summed E-state index contributed by atoms with van der Waals surface area (Å²) in [6, 6.07) is 33.3. The zero-order chi connectivity index (χ0) is 27.2. The quantitative estimate of drug-likeness (QED) is 0.186. The van der Waals surface area contributed by atoms with E-state index in [4.69, 9.17) is 0 Å². The van der Waals surface area contributed by atoms with E-state index in [0.717, 1.165) is 10.6 Å². The molecule has 9 rings (SSSR count). The van der Waals surface area contributed by atoms with Gasteiger partial charge in [0.1, 0.15) is 5.00 Å². The summed E-state index contributed by atoms with van der Waals surface area (Å²) in [7, 11) is 0. The number of nitrogens with zero attached hydrogens (tertiary/aromatic N) is 2. The van der Waals surface area contributed by atoms with Crippen molar-refractivity contribution >= 4 is 124 Å². The van der Waals surface area contributed by atoms with Crippen LogP contribution in [0.15, 0.2) is 102 Å². The maximum atomic E-state index is 4.55. The molecular weight excluding hydrogens is 557 g/mol. The molecule has 194 valence electrons. The molecule has 0 N–H and O–H groups in total. The Hall–Kier alpha value is -4.29. The summed E-state index contributed by atoms with van der Waals surface area (Å²) in [5.41, 5.74) is 4.88. The Morgan fingerprint density at radius 1 is 0.634 bits per heavy atom. The van der Waals surface area contributed by atoms with Crippen molar-refractivity contribution in [2.45, 2.75) is 6.92 Å². The summed E-state index contributed by atoms with van der Waals surface area (Å²) in [5.74, 6) is 0. The minimum absolute atomic E-state index is 0.971. The number of rotatable bonds is 3. The van der Waals surface area contributed by atoms with E-state index in [1.807, 2.05) is 22.7 Å². The maximum Gasteiger partial charge on any atom is 0.123 e. The SMILES string of the molecule is C=Nc1sc2c(c1/C=C\C)c1c3ccccc3sc1c1c3ccccc3n(-c3cccc4c3sc3ccccc34)c21. The van der Waals surface area contributed by atoms with Crippen LogP contribution in [0.2, 0.25) is 0 Å². The predicted octanol–water partition coefficient (Wildman–Crippen LogP) is 12.1. The third-order valence-electron chi connectivity index (χ3n) is 8.19. The zero-order valence-corrected chi connectivity index (χ0v) is 24.6. The second-order valence-corrected chi connectivity index (χ2v) is 13.4. The second kappa shape index (κ2) is 8.60. The molecule has 4 heterocycles. The monoisotopic (exact) mass is 578 g/mol. The van der Waals surface area contributed by atoms with Crippen molar-refractivity contribution in [2.75, 3.05) is 0 Å². The minimum Gasteiger partial charge on any atom is -0.306 e. The fraction of sp³-hybridized carbons (Fsp3) is 0.0278. The Morgan fingerprint density at radius 3 is 2.12 bits per heavy atom. The third-order valence-corrected chi connectivity index (χ3v) is 11.7. The number of aromatic nitrogens is 1. The van der Waals surface area contributed by atoms with Gasteiger partial charge in [0, 0.05) is 57.4 Å². The molecule has 0 saturated carbocycles. The Kier molecular flexibility index (Phi) is 4.91. The van der Waals surface area contributed by atoms with E-state index < -0.39 is 0 Å². The average Bonchev–Trinajstić information content (AvgIpc) is 3.76. The molecule has 0 amide bonds. The highest BCUT2D eigenvalue weighted by Gasteiger charge is 2.26. The van der Waals surface area contributed by atoms with Crippen LogP contribution in [-0.2, 0) is 0 Å². The normalized spacial score (nSPS) is 12.5. The van der Waals surface area contributed by atoms with E-state index in [9.17, 15) is 0 Å². The standard InChI is InChI=1S/C36H22N2S3/c1-3-11-24-30-29-23-14-6-9-19-28(23)40-34(29)31-22-13-4-7-16-25(22)38(32(31)35(30)41-36(24)37-2)26-17-10-15-21-20-12-5-8-18-27(20)39-33(21)26/h3-19H,2H2,1H3/b11-3-. The van der Waals surface area contributed by atoms with Crippen molar-refractivity contribution in [1.29, 1.82) is 0 Å². The molecule has 0 aliphatic rings. The number of allylic oxidation sites excluding steroid dienone is 1. The lowest BCUT2D eigenvalue weighted by molar-refractivity contribution is 1.21. The molecule has 0 unspecified atom stereocenters. The Morgan fingerprint density at radius 2 is 1.32 bits per heavy atom. The molecule has 0 spiro atoms. The van der Waals surface area contributed by atoms with Gasteiger partial charge in [0.05, 0.1) is 26.1 Å². The molecule has 0 radical (unpaired) electrons. The van der Waals surface area contributed by atoms with Crippen LogP contribution in [0, 0.1) is 0 Å². The highest BCUT2D eigenvalue weighted by Crippen LogP contribution is 2.54. The van der Waals surface area contributed by atoms with Crippen LogP contribution in [0.5, 0.6) is 0 Å². The first-order valence-electron chi connectivity index (χ1n) is 13.6. The topological polar surface area (TPSA) is 17.3 Å². The summed E-state index contributed by atoms with van der Waals surface area (Å²) in [5, 5.41) is 10.1. The number of benzene rings is 5. The summed E-state index contributed by atoms with van der Waals surface area (Å²) >= 11 is 5.55. The Bertz CT molecular complexity index is 2570. The maximum absolute atomic E-state index is 4.55.